The molecule has 0 saturated heterocycles. The predicted molar refractivity (Wildman–Crippen MR) is 104 cm³/mol. The summed E-state index contributed by atoms with van der Waals surface area (Å²) in [4.78, 5) is 29.2. The van der Waals surface area contributed by atoms with E-state index in [-0.39, 0.29) is 10.7 Å². The van der Waals surface area contributed by atoms with Gasteiger partial charge in [-0.1, -0.05) is 59.6 Å². The molecule has 136 valence electrons. The molecule has 0 aliphatic rings. The summed E-state index contributed by atoms with van der Waals surface area (Å²) in [6, 6.07) is 19.2. The molecule has 0 spiro atoms. The van der Waals surface area contributed by atoms with Crippen LogP contribution in [0.25, 0.3) is 0 Å². The van der Waals surface area contributed by atoms with Crippen LogP contribution in [0.15, 0.2) is 72.9 Å². The van der Waals surface area contributed by atoms with Gasteiger partial charge in [-0.3, -0.25) is 4.79 Å². The molecule has 1 aromatic heterocycles. The molecule has 5 nitrogen and oxygen atoms in total. The second-order valence-electron chi connectivity index (χ2n) is 5.89. The number of ether oxygens (including phenoxy) is 1. The zero-order valence-corrected chi connectivity index (χ0v) is 15.3. The lowest BCUT2D eigenvalue weighted by Crippen LogP contribution is -2.26. The average Bonchev–Trinajstić information content (AvgIpc) is 2.68. The third-order valence-electron chi connectivity index (χ3n) is 3.86. The molecule has 1 amide bonds. The number of esters is 1. The molecule has 0 unspecified atom stereocenters. The van der Waals surface area contributed by atoms with Gasteiger partial charge in [0.1, 0.15) is 5.15 Å². The number of anilines is 1. The summed E-state index contributed by atoms with van der Waals surface area (Å²) in [5.41, 5.74) is 2.34. The largest absolute Gasteiger partial charge is 0.444 e. The molecule has 3 aromatic rings. The molecular formula is C21H17ClN2O3. The third kappa shape index (κ3) is 4.71. The highest BCUT2D eigenvalue weighted by molar-refractivity contribution is 6.32. The normalized spacial score (nSPS) is 11.5. The van der Waals surface area contributed by atoms with E-state index in [1.165, 1.54) is 12.3 Å². The number of aryl methyl sites for hydroxylation is 1. The monoisotopic (exact) mass is 380 g/mol. The quantitative estimate of drug-likeness (QED) is 0.519. The zero-order chi connectivity index (χ0) is 19.2. The maximum atomic E-state index is 12.8. The first-order valence-electron chi connectivity index (χ1n) is 8.28. The van der Waals surface area contributed by atoms with Crippen LogP contribution < -0.4 is 5.32 Å². The van der Waals surface area contributed by atoms with Gasteiger partial charge in [-0.25, -0.2) is 9.78 Å². The van der Waals surface area contributed by atoms with Gasteiger partial charge in [-0.2, -0.15) is 0 Å². The molecule has 1 atom stereocenters. The van der Waals surface area contributed by atoms with Gasteiger partial charge in [0, 0.05) is 17.4 Å². The van der Waals surface area contributed by atoms with Crippen molar-refractivity contribution in [1.29, 1.82) is 0 Å². The molecule has 6 heteroatoms. The van der Waals surface area contributed by atoms with Crippen LogP contribution in [-0.2, 0) is 9.53 Å². The number of halogens is 1. The summed E-state index contributed by atoms with van der Waals surface area (Å²) in [7, 11) is 0. The fourth-order valence-electron chi connectivity index (χ4n) is 2.45. The van der Waals surface area contributed by atoms with Crippen LogP contribution in [0.4, 0.5) is 5.69 Å². The number of hydrogen-bond acceptors (Lipinski definition) is 4. The number of rotatable bonds is 5. The first-order chi connectivity index (χ1) is 13.0. The lowest BCUT2D eigenvalue weighted by Gasteiger charge is -2.18. The van der Waals surface area contributed by atoms with Crippen molar-refractivity contribution in [2.45, 2.75) is 13.0 Å². The number of nitrogens with one attached hydrogen (secondary N) is 1. The fraction of sp³-hybridized carbons (Fsp3) is 0.0952. The number of amides is 1. The molecule has 1 N–H and O–H groups in total. The van der Waals surface area contributed by atoms with E-state index >= 15 is 0 Å². The molecule has 0 saturated carbocycles. The van der Waals surface area contributed by atoms with Crippen molar-refractivity contribution in [3.63, 3.8) is 0 Å². The molecule has 3 rings (SSSR count). The van der Waals surface area contributed by atoms with Crippen molar-refractivity contribution in [2.75, 3.05) is 5.32 Å². The Balaban J connectivity index is 1.85. The van der Waals surface area contributed by atoms with E-state index in [2.05, 4.69) is 10.3 Å². The van der Waals surface area contributed by atoms with Gasteiger partial charge >= 0.3 is 5.97 Å². The summed E-state index contributed by atoms with van der Waals surface area (Å²) in [5.74, 6) is -1.18. The molecule has 0 aliphatic carbocycles. The molecule has 0 aliphatic heterocycles. The van der Waals surface area contributed by atoms with Crippen LogP contribution in [0.3, 0.4) is 0 Å². The fourth-order valence-corrected chi connectivity index (χ4v) is 2.65. The van der Waals surface area contributed by atoms with Crippen molar-refractivity contribution in [3.8, 4) is 0 Å². The van der Waals surface area contributed by atoms with Gasteiger partial charge in [0.2, 0.25) is 6.10 Å². The standard InChI is InChI=1S/C21H17ClN2O3/c1-14-9-11-16(12-10-14)24-20(25)18(15-6-3-2-4-7-15)27-21(26)17-8-5-13-23-19(17)22/h2-13,18H,1H3,(H,24,25)/t18-/m1/s1. The highest BCUT2D eigenvalue weighted by Gasteiger charge is 2.26. The average molecular weight is 381 g/mol. The van der Waals surface area contributed by atoms with E-state index in [0.717, 1.165) is 5.56 Å². The maximum absolute atomic E-state index is 12.8. The molecule has 0 bridgehead atoms. The summed E-state index contributed by atoms with van der Waals surface area (Å²) in [6.07, 6.45) is 0.342. The van der Waals surface area contributed by atoms with E-state index in [1.54, 1.807) is 42.5 Å². The van der Waals surface area contributed by atoms with Gasteiger partial charge in [0.25, 0.3) is 5.91 Å². The smallest absolute Gasteiger partial charge is 0.342 e. The van der Waals surface area contributed by atoms with Crippen molar-refractivity contribution in [2.24, 2.45) is 0 Å². The third-order valence-corrected chi connectivity index (χ3v) is 4.16. The van der Waals surface area contributed by atoms with Crippen LogP contribution >= 0.6 is 11.6 Å². The number of carbonyl (C=O) groups excluding carboxylic acids is 2. The van der Waals surface area contributed by atoms with E-state index in [1.807, 2.05) is 25.1 Å². The van der Waals surface area contributed by atoms with E-state index in [0.29, 0.717) is 11.3 Å². The van der Waals surface area contributed by atoms with Gasteiger partial charge < -0.3 is 10.1 Å². The Bertz CT molecular complexity index is 943. The minimum atomic E-state index is -1.13. The van der Waals surface area contributed by atoms with Crippen molar-refractivity contribution >= 4 is 29.2 Å². The molecule has 1 heterocycles. The summed E-state index contributed by atoms with van der Waals surface area (Å²) >= 11 is 5.96. The highest BCUT2D eigenvalue weighted by atomic mass is 35.5. The maximum Gasteiger partial charge on any atom is 0.342 e. The lowest BCUT2D eigenvalue weighted by molar-refractivity contribution is -0.125. The van der Waals surface area contributed by atoms with Crippen LogP contribution in [-0.4, -0.2) is 16.9 Å². The van der Waals surface area contributed by atoms with Gasteiger partial charge in [-0.15, -0.1) is 0 Å². The number of pyridine rings is 1. The van der Waals surface area contributed by atoms with E-state index < -0.39 is 18.0 Å². The Morgan fingerprint density at radius 2 is 1.70 bits per heavy atom. The Hall–Kier alpha value is -3.18. The van der Waals surface area contributed by atoms with Crippen LogP contribution in [0.2, 0.25) is 5.15 Å². The van der Waals surface area contributed by atoms with E-state index in [9.17, 15) is 9.59 Å². The molecular weight excluding hydrogens is 364 g/mol. The number of hydrogen-bond donors (Lipinski definition) is 1. The Morgan fingerprint density at radius 3 is 2.37 bits per heavy atom. The summed E-state index contributed by atoms with van der Waals surface area (Å²) < 4.78 is 5.49. The van der Waals surface area contributed by atoms with Crippen LogP contribution in [0.1, 0.15) is 27.6 Å². The first kappa shape index (κ1) is 18.6. The minimum absolute atomic E-state index is 0.0215. The predicted octanol–water partition coefficient (Wildman–Crippen LogP) is 4.58. The first-order valence-corrected chi connectivity index (χ1v) is 8.66. The Labute approximate surface area is 162 Å². The lowest BCUT2D eigenvalue weighted by atomic mass is 10.1. The van der Waals surface area contributed by atoms with Gasteiger partial charge in [0.05, 0.1) is 5.56 Å². The van der Waals surface area contributed by atoms with Crippen molar-refractivity contribution in [1.82, 2.24) is 4.98 Å². The van der Waals surface area contributed by atoms with Crippen molar-refractivity contribution < 1.29 is 14.3 Å². The SMILES string of the molecule is Cc1ccc(NC(=O)[C@H](OC(=O)c2cccnc2Cl)c2ccccc2)cc1. The van der Waals surface area contributed by atoms with Crippen molar-refractivity contribution in [3.05, 3.63) is 94.8 Å². The minimum Gasteiger partial charge on any atom is -0.444 e. The molecule has 2 aromatic carbocycles. The zero-order valence-electron chi connectivity index (χ0n) is 14.6. The van der Waals surface area contributed by atoms with E-state index in [4.69, 9.17) is 16.3 Å². The molecule has 0 fully saturated rings. The Kier molecular flexibility index (Phi) is 5.84. The van der Waals surface area contributed by atoms with Gasteiger partial charge in [-0.05, 0) is 31.2 Å². The Morgan fingerprint density at radius 1 is 1.00 bits per heavy atom. The second-order valence-corrected chi connectivity index (χ2v) is 6.25. The number of benzene rings is 2. The number of aromatic nitrogens is 1. The van der Waals surface area contributed by atoms with Crippen LogP contribution in [0, 0.1) is 6.92 Å². The molecule has 27 heavy (non-hydrogen) atoms. The van der Waals surface area contributed by atoms with Gasteiger partial charge in [0.15, 0.2) is 0 Å². The topological polar surface area (TPSA) is 68.3 Å². The summed E-state index contributed by atoms with van der Waals surface area (Å²) in [5, 5.41) is 2.80. The number of nitrogens with zero attached hydrogens (tertiary/aromatic N) is 1. The molecule has 0 radical (unpaired) electrons. The highest BCUT2D eigenvalue weighted by Crippen LogP contribution is 2.23. The van der Waals surface area contributed by atoms with Crippen LogP contribution in [0.5, 0.6) is 0 Å². The second kappa shape index (κ2) is 8.47. The number of carbonyl (C=O) groups is 2. The summed E-state index contributed by atoms with van der Waals surface area (Å²) in [6.45, 7) is 1.96.